The lowest BCUT2D eigenvalue weighted by Gasteiger charge is -2.05. The molecule has 0 radical (unpaired) electrons. The highest BCUT2D eigenvalue weighted by molar-refractivity contribution is 5.97. The third-order valence-corrected chi connectivity index (χ3v) is 3.56. The second kappa shape index (κ2) is 4.89. The fraction of sp³-hybridized carbons (Fsp3) is 0.188. The Morgan fingerprint density at radius 3 is 2.80 bits per heavy atom. The molecule has 0 fully saturated rings. The average Bonchev–Trinajstić information content (AvgIpc) is 2.88. The summed E-state index contributed by atoms with van der Waals surface area (Å²) in [5, 5.41) is 0. The molecule has 100 valence electrons. The first-order valence-corrected chi connectivity index (χ1v) is 6.54. The first-order valence-electron chi connectivity index (χ1n) is 6.54. The summed E-state index contributed by atoms with van der Waals surface area (Å²) in [5.41, 5.74) is 4.72. The predicted octanol–water partition coefficient (Wildman–Crippen LogP) is 3.00. The number of hydrogen-bond donors (Lipinski definition) is 1. The number of pyridine rings is 1. The van der Waals surface area contributed by atoms with Crippen molar-refractivity contribution in [2.45, 2.75) is 20.3 Å². The summed E-state index contributed by atoms with van der Waals surface area (Å²) in [5.74, 6) is 0.358. The monoisotopic (exact) mass is 265 g/mol. The Morgan fingerprint density at radius 2 is 2.00 bits per heavy atom. The van der Waals surface area contributed by atoms with Gasteiger partial charge < -0.3 is 4.98 Å². The van der Waals surface area contributed by atoms with Crippen LogP contribution < -0.4 is 0 Å². The number of nitrogens with zero attached hydrogens (tertiary/aromatic N) is 2. The van der Waals surface area contributed by atoms with Gasteiger partial charge in [-0.2, -0.15) is 0 Å². The molecular weight excluding hydrogens is 250 g/mol. The molecule has 2 heterocycles. The number of imidazole rings is 1. The molecule has 0 unspecified atom stereocenters. The number of carbonyl (C=O) groups excluding carboxylic acids is 1. The van der Waals surface area contributed by atoms with Crippen molar-refractivity contribution in [1.82, 2.24) is 15.0 Å². The standard InChI is InChI=1S/C16H15N3O/c1-10-7-8-17-14(11(10)2)9-15(20)16-18-12-5-3-4-6-13(12)19-16/h3-8H,9H2,1-2H3,(H,18,19). The van der Waals surface area contributed by atoms with Crippen molar-refractivity contribution in [3.05, 3.63) is 59.2 Å². The molecule has 1 N–H and O–H groups in total. The number of benzene rings is 1. The Bertz CT molecular complexity index is 756. The Labute approximate surface area is 116 Å². The number of fused-ring (bicyclic) bond motifs is 1. The molecular formula is C16H15N3O. The van der Waals surface area contributed by atoms with Gasteiger partial charge in [-0.15, -0.1) is 0 Å². The molecule has 0 amide bonds. The molecule has 1 aromatic carbocycles. The maximum Gasteiger partial charge on any atom is 0.204 e. The maximum atomic E-state index is 12.3. The summed E-state index contributed by atoms with van der Waals surface area (Å²) in [7, 11) is 0. The highest BCUT2D eigenvalue weighted by Gasteiger charge is 2.14. The first kappa shape index (κ1) is 12.5. The second-order valence-electron chi connectivity index (χ2n) is 4.90. The van der Waals surface area contributed by atoms with E-state index >= 15 is 0 Å². The molecule has 0 bridgehead atoms. The van der Waals surface area contributed by atoms with E-state index in [1.165, 1.54) is 0 Å². The fourth-order valence-electron chi connectivity index (χ4n) is 2.19. The first-order chi connectivity index (χ1) is 9.65. The summed E-state index contributed by atoms with van der Waals surface area (Å²) in [6.45, 7) is 4.01. The van der Waals surface area contributed by atoms with E-state index in [4.69, 9.17) is 0 Å². The van der Waals surface area contributed by atoms with Crippen molar-refractivity contribution in [3.63, 3.8) is 0 Å². The Morgan fingerprint density at radius 1 is 1.20 bits per heavy atom. The van der Waals surface area contributed by atoms with Crippen LogP contribution in [0, 0.1) is 13.8 Å². The topological polar surface area (TPSA) is 58.6 Å². The Balaban J connectivity index is 1.91. The number of ketones is 1. The zero-order chi connectivity index (χ0) is 14.1. The molecule has 0 atom stereocenters. The van der Waals surface area contributed by atoms with Gasteiger partial charge in [0.05, 0.1) is 23.1 Å². The summed E-state index contributed by atoms with van der Waals surface area (Å²) >= 11 is 0. The van der Waals surface area contributed by atoms with Crippen LogP contribution in [0.15, 0.2) is 36.5 Å². The summed E-state index contributed by atoms with van der Waals surface area (Å²) in [6.07, 6.45) is 2.01. The number of nitrogens with one attached hydrogen (secondary N) is 1. The van der Waals surface area contributed by atoms with Gasteiger partial charge in [0, 0.05) is 6.20 Å². The van der Waals surface area contributed by atoms with E-state index in [1.807, 2.05) is 44.2 Å². The average molecular weight is 265 g/mol. The van der Waals surface area contributed by atoms with E-state index in [0.29, 0.717) is 5.82 Å². The summed E-state index contributed by atoms with van der Waals surface area (Å²) in [4.78, 5) is 24.0. The molecule has 0 aliphatic carbocycles. The third kappa shape index (κ3) is 2.20. The Hall–Kier alpha value is -2.49. The maximum absolute atomic E-state index is 12.3. The second-order valence-corrected chi connectivity index (χ2v) is 4.90. The highest BCUT2D eigenvalue weighted by Crippen LogP contribution is 2.14. The number of hydrogen-bond acceptors (Lipinski definition) is 3. The van der Waals surface area contributed by atoms with Gasteiger partial charge in [0.15, 0.2) is 5.82 Å². The smallest absolute Gasteiger partial charge is 0.204 e. The zero-order valence-corrected chi connectivity index (χ0v) is 11.5. The minimum absolute atomic E-state index is 0.0394. The number of aromatic amines is 1. The molecule has 2 aromatic heterocycles. The SMILES string of the molecule is Cc1ccnc(CC(=O)c2nc3ccccc3[nH]2)c1C. The van der Waals surface area contributed by atoms with Crippen LogP contribution in [0.25, 0.3) is 11.0 Å². The summed E-state index contributed by atoms with van der Waals surface area (Å²) in [6, 6.07) is 9.57. The largest absolute Gasteiger partial charge is 0.335 e. The number of Topliss-reactive ketones (excluding diaryl/α,β-unsaturated/α-hetero) is 1. The molecule has 0 saturated heterocycles. The fourth-order valence-corrected chi connectivity index (χ4v) is 2.19. The van der Waals surface area contributed by atoms with E-state index in [9.17, 15) is 4.79 Å². The molecule has 0 aliphatic heterocycles. The van der Waals surface area contributed by atoms with Gasteiger partial charge in [-0.3, -0.25) is 9.78 Å². The molecule has 4 heteroatoms. The van der Waals surface area contributed by atoms with Gasteiger partial charge in [0.25, 0.3) is 0 Å². The van der Waals surface area contributed by atoms with Crippen LogP contribution in [0.2, 0.25) is 0 Å². The van der Waals surface area contributed by atoms with E-state index in [2.05, 4.69) is 15.0 Å². The van der Waals surface area contributed by atoms with E-state index in [-0.39, 0.29) is 12.2 Å². The van der Waals surface area contributed by atoms with E-state index in [1.54, 1.807) is 6.20 Å². The molecule has 4 nitrogen and oxygen atoms in total. The lowest BCUT2D eigenvalue weighted by Crippen LogP contribution is -2.09. The minimum Gasteiger partial charge on any atom is -0.335 e. The van der Waals surface area contributed by atoms with Crippen LogP contribution in [0.5, 0.6) is 0 Å². The lowest BCUT2D eigenvalue weighted by molar-refractivity contribution is 0.0983. The number of rotatable bonds is 3. The van der Waals surface area contributed by atoms with Crippen molar-refractivity contribution in [1.29, 1.82) is 0 Å². The van der Waals surface area contributed by atoms with Crippen LogP contribution in [0.4, 0.5) is 0 Å². The molecule has 20 heavy (non-hydrogen) atoms. The van der Waals surface area contributed by atoms with Crippen molar-refractivity contribution >= 4 is 16.8 Å². The third-order valence-electron chi connectivity index (χ3n) is 3.56. The molecule has 0 aliphatic rings. The summed E-state index contributed by atoms with van der Waals surface area (Å²) < 4.78 is 0. The van der Waals surface area contributed by atoms with E-state index < -0.39 is 0 Å². The number of carbonyl (C=O) groups is 1. The zero-order valence-electron chi connectivity index (χ0n) is 11.5. The van der Waals surface area contributed by atoms with E-state index in [0.717, 1.165) is 27.9 Å². The number of aryl methyl sites for hydroxylation is 1. The van der Waals surface area contributed by atoms with Crippen molar-refractivity contribution in [2.75, 3.05) is 0 Å². The lowest BCUT2D eigenvalue weighted by atomic mass is 10.1. The van der Waals surface area contributed by atoms with Crippen molar-refractivity contribution < 1.29 is 4.79 Å². The van der Waals surface area contributed by atoms with Crippen LogP contribution in [-0.4, -0.2) is 20.7 Å². The van der Waals surface area contributed by atoms with Gasteiger partial charge in [-0.25, -0.2) is 4.98 Å². The van der Waals surface area contributed by atoms with Gasteiger partial charge >= 0.3 is 0 Å². The van der Waals surface area contributed by atoms with Crippen molar-refractivity contribution in [2.24, 2.45) is 0 Å². The number of para-hydroxylation sites is 2. The van der Waals surface area contributed by atoms with Gasteiger partial charge in [-0.1, -0.05) is 12.1 Å². The predicted molar refractivity (Wildman–Crippen MR) is 77.8 cm³/mol. The normalized spacial score (nSPS) is 10.9. The van der Waals surface area contributed by atoms with Crippen LogP contribution in [-0.2, 0) is 6.42 Å². The van der Waals surface area contributed by atoms with Gasteiger partial charge in [-0.05, 0) is 43.2 Å². The van der Waals surface area contributed by atoms with Crippen LogP contribution in [0.1, 0.15) is 27.4 Å². The Kier molecular flexibility index (Phi) is 3.06. The minimum atomic E-state index is -0.0394. The number of aromatic nitrogens is 3. The molecule has 0 saturated carbocycles. The highest BCUT2D eigenvalue weighted by atomic mass is 16.1. The molecule has 3 aromatic rings. The van der Waals surface area contributed by atoms with Crippen LogP contribution in [0.3, 0.4) is 0 Å². The van der Waals surface area contributed by atoms with Crippen LogP contribution >= 0.6 is 0 Å². The van der Waals surface area contributed by atoms with Gasteiger partial charge in [0.2, 0.25) is 5.78 Å². The quantitative estimate of drug-likeness (QED) is 0.740. The molecule has 3 rings (SSSR count). The number of H-pyrrole nitrogens is 1. The molecule has 0 spiro atoms. The van der Waals surface area contributed by atoms with Crippen molar-refractivity contribution in [3.8, 4) is 0 Å². The van der Waals surface area contributed by atoms with Gasteiger partial charge in [0.1, 0.15) is 0 Å².